The topological polar surface area (TPSA) is 93.7 Å². The maximum atomic E-state index is 13.6. The Hall–Kier alpha value is -4.15. The molecule has 1 unspecified atom stereocenters. The standard InChI is InChI=1S/C23H19F3N4O4/c24-23(25,26)22(32)30(13-15-5-8-27-9-6-15)20(17-3-4-18-19(10-17)34-14-33-18)21(31)29-12-16-2-1-7-28-11-16/h1-11,20H,12-14H2,(H,29,31). The molecule has 34 heavy (non-hydrogen) atoms. The van der Waals surface area contributed by atoms with Gasteiger partial charge in [-0.1, -0.05) is 12.1 Å². The van der Waals surface area contributed by atoms with E-state index < -0.39 is 30.6 Å². The molecule has 1 aliphatic rings. The lowest BCUT2D eigenvalue weighted by atomic mass is 10.0. The number of carbonyl (C=O) groups is 2. The number of nitrogens with one attached hydrogen (secondary N) is 1. The molecule has 0 radical (unpaired) electrons. The molecule has 1 aromatic carbocycles. The van der Waals surface area contributed by atoms with Crippen molar-refractivity contribution in [3.8, 4) is 11.5 Å². The van der Waals surface area contributed by atoms with Gasteiger partial charge in [0.1, 0.15) is 6.04 Å². The van der Waals surface area contributed by atoms with Crippen molar-refractivity contribution in [3.63, 3.8) is 0 Å². The first-order valence-electron chi connectivity index (χ1n) is 10.2. The van der Waals surface area contributed by atoms with Gasteiger partial charge in [-0.05, 0) is 47.0 Å². The number of fused-ring (bicyclic) bond motifs is 1. The van der Waals surface area contributed by atoms with Gasteiger partial charge in [0.25, 0.3) is 0 Å². The molecule has 1 aliphatic heterocycles. The molecule has 1 atom stereocenters. The largest absolute Gasteiger partial charge is 0.471 e. The molecular weight excluding hydrogens is 453 g/mol. The Balaban J connectivity index is 1.72. The second kappa shape index (κ2) is 9.77. The number of aromatic nitrogens is 2. The predicted molar refractivity (Wildman–Crippen MR) is 112 cm³/mol. The normalized spacial score (nSPS) is 13.3. The molecule has 0 saturated carbocycles. The Morgan fingerprint density at radius 2 is 1.76 bits per heavy atom. The Labute approximate surface area is 192 Å². The Bertz CT molecular complexity index is 1160. The van der Waals surface area contributed by atoms with Gasteiger partial charge in [-0.15, -0.1) is 0 Å². The van der Waals surface area contributed by atoms with Crippen LogP contribution in [0.15, 0.2) is 67.3 Å². The molecule has 0 spiro atoms. The summed E-state index contributed by atoms with van der Waals surface area (Å²) in [7, 11) is 0. The lowest BCUT2D eigenvalue weighted by molar-refractivity contribution is -0.189. The quantitative estimate of drug-likeness (QED) is 0.568. The molecule has 4 rings (SSSR count). The summed E-state index contributed by atoms with van der Waals surface area (Å²) < 4.78 is 51.5. The fraction of sp³-hybridized carbons (Fsp3) is 0.217. The minimum Gasteiger partial charge on any atom is -0.454 e. The van der Waals surface area contributed by atoms with Gasteiger partial charge >= 0.3 is 12.1 Å². The average Bonchev–Trinajstić information content (AvgIpc) is 3.31. The zero-order valence-electron chi connectivity index (χ0n) is 17.7. The number of hydrogen-bond donors (Lipinski definition) is 1. The van der Waals surface area contributed by atoms with Crippen molar-refractivity contribution in [1.82, 2.24) is 20.2 Å². The number of halogens is 3. The van der Waals surface area contributed by atoms with Crippen LogP contribution >= 0.6 is 0 Å². The van der Waals surface area contributed by atoms with E-state index in [0.29, 0.717) is 21.8 Å². The highest BCUT2D eigenvalue weighted by Crippen LogP contribution is 2.37. The predicted octanol–water partition coefficient (Wildman–Crippen LogP) is 3.15. The number of hydrogen-bond acceptors (Lipinski definition) is 6. The molecule has 0 aliphatic carbocycles. The van der Waals surface area contributed by atoms with Crippen molar-refractivity contribution in [1.29, 1.82) is 0 Å². The first-order valence-corrected chi connectivity index (χ1v) is 10.2. The molecule has 3 heterocycles. The van der Waals surface area contributed by atoms with Gasteiger partial charge in [-0.2, -0.15) is 13.2 Å². The first kappa shape index (κ1) is 23.0. The van der Waals surface area contributed by atoms with E-state index >= 15 is 0 Å². The summed E-state index contributed by atoms with van der Waals surface area (Å²) in [5.74, 6) is -2.29. The van der Waals surface area contributed by atoms with Gasteiger partial charge in [0.2, 0.25) is 12.7 Å². The van der Waals surface area contributed by atoms with Crippen LogP contribution in [-0.2, 0) is 22.7 Å². The third-order valence-corrected chi connectivity index (χ3v) is 5.07. The summed E-state index contributed by atoms with van der Waals surface area (Å²) in [5.41, 5.74) is 1.15. The fourth-order valence-corrected chi connectivity index (χ4v) is 3.47. The van der Waals surface area contributed by atoms with Gasteiger partial charge in [-0.3, -0.25) is 19.6 Å². The summed E-state index contributed by atoms with van der Waals surface area (Å²) in [6.45, 7) is -0.518. The number of amides is 2. The van der Waals surface area contributed by atoms with E-state index in [-0.39, 0.29) is 24.7 Å². The van der Waals surface area contributed by atoms with Crippen molar-refractivity contribution >= 4 is 11.8 Å². The number of ether oxygens (including phenoxy) is 2. The summed E-state index contributed by atoms with van der Waals surface area (Å²) in [6, 6.07) is 9.04. The van der Waals surface area contributed by atoms with Crippen LogP contribution in [0.5, 0.6) is 11.5 Å². The van der Waals surface area contributed by atoms with E-state index in [9.17, 15) is 22.8 Å². The molecule has 2 amide bonds. The minimum absolute atomic E-state index is 0.0109. The smallest absolute Gasteiger partial charge is 0.454 e. The summed E-state index contributed by atoms with van der Waals surface area (Å²) in [6.07, 6.45) is 0.656. The van der Waals surface area contributed by atoms with Gasteiger partial charge < -0.3 is 19.7 Å². The van der Waals surface area contributed by atoms with E-state index in [4.69, 9.17) is 9.47 Å². The Morgan fingerprint density at radius 1 is 1.00 bits per heavy atom. The monoisotopic (exact) mass is 472 g/mol. The SMILES string of the molecule is O=C(NCc1cccnc1)C(c1ccc2c(c1)OCO2)N(Cc1ccncc1)C(=O)C(F)(F)F. The van der Waals surface area contributed by atoms with Crippen molar-refractivity contribution in [3.05, 3.63) is 83.9 Å². The third-order valence-electron chi connectivity index (χ3n) is 5.07. The molecule has 1 N–H and O–H groups in total. The number of carbonyl (C=O) groups excluding carboxylic acids is 2. The third kappa shape index (κ3) is 5.25. The molecule has 0 bridgehead atoms. The first-order chi connectivity index (χ1) is 16.3. The summed E-state index contributed by atoms with van der Waals surface area (Å²) in [5, 5.41) is 2.61. The van der Waals surface area contributed by atoms with Gasteiger partial charge in [0, 0.05) is 37.9 Å². The minimum atomic E-state index is -5.20. The van der Waals surface area contributed by atoms with Crippen LogP contribution in [0.1, 0.15) is 22.7 Å². The molecule has 0 fully saturated rings. The van der Waals surface area contributed by atoms with Crippen LogP contribution < -0.4 is 14.8 Å². The summed E-state index contributed by atoms with van der Waals surface area (Å²) in [4.78, 5) is 34.1. The van der Waals surface area contributed by atoms with E-state index in [1.54, 1.807) is 18.3 Å². The van der Waals surface area contributed by atoms with Crippen LogP contribution in [-0.4, -0.2) is 39.7 Å². The van der Waals surface area contributed by atoms with Crippen molar-refractivity contribution < 1.29 is 32.2 Å². The van der Waals surface area contributed by atoms with E-state index in [2.05, 4.69) is 15.3 Å². The maximum absolute atomic E-state index is 13.6. The summed E-state index contributed by atoms with van der Waals surface area (Å²) >= 11 is 0. The highest BCUT2D eigenvalue weighted by atomic mass is 19.4. The highest BCUT2D eigenvalue weighted by molar-refractivity contribution is 5.91. The maximum Gasteiger partial charge on any atom is 0.471 e. The Kier molecular flexibility index (Phi) is 6.62. The fourth-order valence-electron chi connectivity index (χ4n) is 3.47. The van der Waals surface area contributed by atoms with E-state index in [0.717, 1.165) is 0 Å². The van der Waals surface area contributed by atoms with Crippen LogP contribution in [0.4, 0.5) is 13.2 Å². The zero-order chi connectivity index (χ0) is 24.1. The van der Waals surface area contributed by atoms with Crippen LogP contribution in [0.3, 0.4) is 0 Å². The number of nitrogens with zero attached hydrogens (tertiary/aromatic N) is 3. The van der Waals surface area contributed by atoms with Crippen LogP contribution in [0.2, 0.25) is 0 Å². The highest BCUT2D eigenvalue weighted by Gasteiger charge is 2.46. The molecule has 176 valence electrons. The molecular formula is C23H19F3N4O4. The van der Waals surface area contributed by atoms with Crippen molar-refractivity contribution in [2.45, 2.75) is 25.3 Å². The molecule has 2 aromatic heterocycles. The Morgan fingerprint density at radius 3 is 2.47 bits per heavy atom. The van der Waals surface area contributed by atoms with E-state index in [1.807, 2.05) is 0 Å². The number of alkyl halides is 3. The van der Waals surface area contributed by atoms with Gasteiger partial charge in [0.15, 0.2) is 11.5 Å². The van der Waals surface area contributed by atoms with Gasteiger partial charge in [-0.25, -0.2) is 0 Å². The second-order valence-electron chi connectivity index (χ2n) is 7.38. The number of rotatable bonds is 7. The zero-order valence-corrected chi connectivity index (χ0v) is 17.7. The van der Waals surface area contributed by atoms with Crippen molar-refractivity contribution in [2.75, 3.05) is 6.79 Å². The molecule has 3 aromatic rings. The van der Waals surface area contributed by atoms with Crippen molar-refractivity contribution in [2.24, 2.45) is 0 Å². The lowest BCUT2D eigenvalue weighted by Crippen LogP contribution is -2.48. The van der Waals surface area contributed by atoms with Gasteiger partial charge in [0.05, 0.1) is 0 Å². The molecule has 11 heteroatoms. The molecule has 8 nitrogen and oxygen atoms in total. The number of benzene rings is 1. The average molecular weight is 472 g/mol. The lowest BCUT2D eigenvalue weighted by Gasteiger charge is -2.32. The van der Waals surface area contributed by atoms with Crippen LogP contribution in [0.25, 0.3) is 0 Å². The van der Waals surface area contributed by atoms with E-state index in [1.165, 1.54) is 48.9 Å². The second-order valence-corrected chi connectivity index (χ2v) is 7.38. The molecule has 0 saturated heterocycles. The number of pyridine rings is 2. The van der Waals surface area contributed by atoms with Crippen LogP contribution in [0, 0.1) is 0 Å².